The summed E-state index contributed by atoms with van der Waals surface area (Å²) in [5.74, 6) is -0.213. The third-order valence-corrected chi connectivity index (χ3v) is 5.66. The Labute approximate surface area is 203 Å². The van der Waals surface area contributed by atoms with Crippen LogP contribution in [0.2, 0.25) is 5.02 Å². The van der Waals surface area contributed by atoms with E-state index in [1.807, 2.05) is 54.8 Å². The van der Waals surface area contributed by atoms with Crippen LogP contribution in [0.5, 0.6) is 5.75 Å². The quantitative estimate of drug-likeness (QED) is 0.393. The van der Waals surface area contributed by atoms with Crippen molar-refractivity contribution in [1.29, 1.82) is 5.26 Å². The van der Waals surface area contributed by atoms with Crippen molar-refractivity contribution in [1.82, 2.24) is 9.47 Å². The molecular weight excluding hydrogens is 452 g/mol. The lowest BCUT2D eigenvalue weighted by molar-refractivity contribution is -0.129. The number of benzene rings is 2. The van der Waals surface area contributed by atoms with Crippen LogP contribution < -0.4 is 10.1 Å². The summed E-state index contributed by atoms with van der Waals surface area (Å²) in [4.78, 5) is 26.5. The Kier molecular flexibility index (Phi) is 7.77. The van der Waals surface area contributed by atoms with Gasteiger partial charge >= 0.3 is 0 Å². The molecule has 0 unspecified atom stereocenters. The summed E-state index contributed by atoms with van der Waals surface area (Å²) in [7, 11) is 3.09. The number of hydrogen-bond acceptors (Lipinski definition) is 4. The standard InChI is InChI=1S/C26H25ClN4O3/c1-17-13-19(18(2)31(17)21-9-11-22(34-4)12-10-21)14-20(15-28)26(33)30(3)16-25(32)29-24-8-6-5-7-23(24)27/h5-14H,16H2,1-4H3,(H,29,32)/b20-14-. The van der Waals surface area contributed by atoms with Crippen LogP contribution in [-0.2, 0) is 9.59 Å². The first kappa shape index (κ1) is 24.6. The summed E-state index contributed by atoms with van der Waals surface area (Å²) >= 11 is 6.06. The van der Waals surface area contributed by atoms with E-state index >= 15 is 0 Å². The van der Waals surface area contributed by atoms with Crippen molar-refractivity contribution in [3.05, 3.63) is 82.1 Å². The summed E-state index contributed by atoms with van der Waals surface area (Å²) in [6, 6.07) is 18.3. The molecule has 34 heavy (non-hydrogen) atoms. The van der Waals surface area contributed by atoms with Crippen molar-refractivity contribution >= 4 is 35.2 Å². The van der Waals surface area contributed by atoms with Crippen LogP contribution in [0.4, 0.5) is 5.69 Å². The number of likely N-dealkylation sites (N-methyl/N-ethyl adjacent to an activating group) is 1. The van der Waals surface area contributed by atoms with Crippen LogP contribution >= 0.6 is 11.6 Å². The van der Waals surface area contributed by atoms with Gasteiger partial charge in [0.1, 0.15) is 17.4 Å². The number of nitriles is 1. The number of halogens is 1. The number of anilines is 1. The minimum Gasteiger partial charge on any atom is -0.497 e. The molecule has 0 aliphatic rings. The number of aromatic nitrogens is 1. The molecule has 2 amide bonds. The van der Waals surface area contributed by atoms with Crippen molar-refractivity contribution in [2.45, 2.75) is 13.8 Å². The molecule has 0 bridgehead atoms. The van der Waals surface area contributed by atoms with Crippen molar-refractivity contribution in [2.75, 3.05) is 26.0 Å². The van der Waals surface area contributed by atoms with Gasteiger partial charge in [0.15, 0.2) is 0 Å². The molecule has 3 aromatic rings. The summed E-state index contributed by atoms with van der Waals surface area (Å²) in [6.45, 7) is 3.64. The fourth-order valence-corrected chi connectivity index (χ4v) is 3.79. The van der Waals surface area contributed by atoms with Gasteiger partial charge in [0.05, 0.1) is 24.4 Å². The van der Waals surface area contributed by atoms with Crippen LogP contribution in [0.25, 0.3) is 11.8 Å². The Morgan fingerprint density at radius 1 is 1.18 bits per heavy atom. The second-order valence-electron chi connectivity index (χ2n) is 7.72. The molecule has 0 spiro atoms. The van der Waals surface area contributed by atoms with Gasteiger partial charge in [-0.15, -0.1) is 0 Å². The lowest BCUT2D eigenvalue weighted by atomic mass is 10.1. The summed E-state index contributed by atoms with van der Waals surface area (Å²) in [5.41, 5.74) is 3.90. The highest BCUT2D eigenvalue weighted by atomic mass is 35.5. The number of nitrogens with one attached hydrogen (secondary N) is 1. The zero-order valence-electron chi connectivity index (χ0n) is 19.4. The number of para-hydroxylation sites is 1. The maximum absolute atomic E-state index is 12.9. The highest BCUT2D eigenvalue weighted by Crippen LogP contribution is 2.25. The normalized spacial score (nSPS) is 11.0. The third kappa shape index (κ3) is 5.48. The molecular formula is C26H25ClN4O3. The third-order valence-electron chi connectivity index (χ3n) is 5.33. The maximum atomic E-state index is 12.9. The predicted molar refractivity (Wildman–Crippen MR) is 133 cm³/mol. The average molecular weight is 477 g/mol. The largest absolute Gasteiger partial charge is 0.497 e. The molecule has 174 valence electrons. The van der Waals surface area contributed by atoms with Crippen LogP contribution in [0.1, 0.15) is 17.0 Å². The fraction of sp³-hybridized carbons (Fsp3) is 0.192. The summed E-state index contributed by atoms with van der Waals surface area (Å²) < 4.78 is 7.25. The Morgan fingerprint density at radius 2 is 1.85 bits per heavy atom. The molecule has 0 aliphatic carbocycles. The number of carbonyl (C=O) groups is 2. The van der Waals surface area contributed by atoms with Crippen LogP contribution in [0.15, 0.2) is 60.2 Å². The van der Waals surface area contributed by atoms with Gasteiger partial charge in [-0.3, -0.25) is 9.59 Å². The highest BCUT2D eigenvalue weighted by molar-refractivity contribution is 6.33. The number of nitrogens with zero attached hydrogens (tertiary/aromatic N) is 3. The molecule has 0 saturated carbocycles. The van der Waals surface area contributed by atoms with E-state index in [9.17, 15) is 14.9 Å². The van der Waals surface area contributed by atoms with E-state index in [2.05, 4.69) is 5.32 Å². The number of hydrogen-bond donors (Lipinski definition) is 1. The number of amides is 2. The first-order valence-electron chi connectivity index (χ1n) is 10.5. The van der Waals surface area contributed by atoms with Crippen molar-refractivity contribution in [3.63, 3.8) is 0 Å². The minimum atomic E-state index is -0.550. The van der Waals surface area contributed by atoms with Crippen LogP contribution in [0, 0.1) is 25.2 Å². The molecule has 0 radical (unpaired) electrons. The van der Waals surface area contributed by atoms with Gasteiger partial charge in [-0.25, -0.2) is 0 Å². The van der Waals surface area contributed by atoms with Crippen LogP contribution in [0.3, 0.4) is 0 Å². The first-order valence-corrected chi connectivity index (χ1v) is 10.9. The molecule has 2 aromatic carbocycles. The Hall–Kier alpha value is -4.02. The molecule has 0 aliphatic heterocycles. The smallest absolute Gasteiger partial charge is 0.264 e. The molecule has 8 heteroatoms. The molecule has 1 heterocycles. The van der Waals surface area contributed by atoms with Gasteiger partial charge in [0, 0.05) is 24.1 Å². The van der Waals surface area contributed by atoms with Crippen molar-refractivity contribution in [2.24, 2.45) is 0 Å². The number of methoxy groups -OCH3 is 1. The van der Waals surface area contributed by atoms with Gasteiger partial charge < -0.3 is 19.5 Å². The fourth-order valence-electron chi connectivity index (χ4n) is 3.60. The number of ether oxygens (including phenoxy) is 1. The average Bonchev–Trinajstić information content (AvgIpc) is 3.11. The molecule has 1 N–H and O–H groups in total. The van der Waals surface area contributed by atoms with Crippen LogP contribution in [-0.4, -0.2) is 42.0 Å². The number of aryl methyl sites for hydroxylation is 1. The van der Waals surface area contributed by atoms with E-state index < -0.39 is 11.8 Å². The van der Waals surface area contributed by atoms with Gasteiger partial charge in [-0.1, -0.05) is 23.7 Å². The predicted octanol–water partition coefficient (Wildman–Crippen LogP) is 4.76. The monoisotopic (exact) mass is 476 g/mol. The van der Waals surface area contributed by atoms with E-state index in [0.717, 1.165) is 28.4 Å². The second-order valence-corrected chi connectivity index (χ2v) is 8.13. The lowest BCUT2D eigenvalue weighted by Gasteiger charge is -2.16. The molecule has 0 fully saturated rings. The van der Waals surface area contributed by atoms with Crippen molar-refractivity contribution in [3.8, 4) is 17.5 Å². The zero-order chi connectivity index (χ0) is 24.8. The Bertz CT molecular complexity index is 1290. The number of carbonyl (C=O) groups excluding carboxylic acids is 2. The molecule has 0 saturated heterocycles. The zero-order valence-corrected chi connectivity index (χ0v) is 20.2. The Balaban J connectivity index is 1.78. The molecule has 3 rings (SSSR count). The van der Waals surface area contributed by atoms with Gasteiger partial charge in [0.25, 0.3) is 5.91 Å². The van der Waals surface area contributed by atoms with E-state index in [1.165, 1.54) is 11.9 Å². The van der Waals surface area contributed by atoms with E-state index in [1.54, 1.807) is 37.5 Å². The number of rotatable bonds is 7. The van der Waals surface area contributed by atoms with Crippen molar-refractivity contribution < 1.29 is 14.3 Å². The van der Waals surface area contributed by atoms with Gasteiger partial charge in [0.2, 0.25) is 5.91 Å². The summed E-state index contributed by atoms with van der Waals surface area (Å²) in [6.07, 6.45) is 1.55. The molecule has 0 atom stereocenters. The van der Waals surface area contributed by atoms with Gasteiger partial charge in [-0.05, 0) is 68.0 Å². The second kappa shape index (κ2) is 10.7. The maximum Gasteiger partial charge on any atom is 0.264 e. The first-order chi connectivity index (χ1) is 16.2. The SMILES string of the molecule is COc1ccc(-n2c(C)cc(/C=C(/C#N)C(=O)N(C)CC(=O)Nc3ccccc3Cl)c2C)cc1. The highest BCUT2D eigenvalue weighted by Gasteiger charge is 2.19. The molecule has 1 aromatic heterocycles. The lowest BCUT2D eigenvalue weighted by Crippen LogP contribution is -2.35. The summed E-state index contributed by atoms with van der Waals surface area (Å²) in [5, 5.41) is 12.7. The topological polar surface area (TPSA) is 87.4 Å². The van der Waals surface area contributed by atoms with E-state index in [-0.39, 0.29) is 12.1 Å². The molecule has 7 nitrogen and oxygen atoms in total. The van der Waals surface area contributed by atoms with E-state index in [4.69, 9.17) is 16.3 Å². The van der Waals surface area contributed by atoms with E-state index in [0.29, 0.717) is 10.7 Å². The van der Waals surface area contributed by atoms with Gasteiger partial charge in [-0.2, -0.15) is 5.26 Å². The Morgan fingerprint density at radius 3 is 2.47 bits per heavy atom. The minimum absolute atomic E-state index is 0.0666.